The van der Waals surface area contributed by atoms with Gasteiger partial charge in [0.05, 0.1) is 0 Å². The summed E-state index contributed by atoms with van der Waals surface area (Å²) < 4.78 is 1.43. The second-order valence-corrected chi connectivity index (χ2v) is 5.37. The summed E-state index contributed by atoms with van der Waals surface area (Å²) in [4.78, 5) is 25.7. The van der Waals surface area contributed by atoms with E-state index in [-0.39, 0.29) is 17.5 Å². The lowest BCUT2D eigenvalue weighted by atomic mass is 10.2. The zero-order valence-corrected chi connectivity index (χ0v) is 13.1. The number of nitrogens with zero attached hydrogens (tertiary/aromatic N) is 2. The van der Waals surface area contributed by atoms with Crippen LogP contribution in [0, 0.1) is 0 Å². The maximum Gasteiger partial charge on any atom is 0.251 e. The first kappa shape index (κ1) is 15.8. The lowest BCUT2D eigenvalue weighted by molar-refractivity contribution is 0.0951. The summed E-state index contributed by atoms with van der Waals surface area (Å²) in [5, 5.41) is 2.87. The number of pyridine rings is 1. The number of hydrogen-bond acceptors (Lipinski definition) is 3. The minimum absolute atomic E-state index is 0.137. The molecule has 22 heavy (non-hydrogen) atoms. The molecule has 1 atom stereocenters. The Morgan fingerprint density at radius 3 is 2.59 bits per heavy atom. The number of hydrogen-bond donors (Lipinski definition) is 1. The third-order valence-electron chi connectivity index (χ3n) is 3.75. The third-order valence-corrected chi connectivity index (χ3v) is 3.75. The van der Waals surface area contributed by atoms with Gasteiger partial charge in [0.1, 0.15) is 0 Å². The van der Waals surface area contributed by atoms with E-state index in [4.69, 9.17) is 0 Å². The van der Waals surface area contributed by atoms with E-state index in [2.05, 4.69) is 10.2 Å². The summed E-state index contributed by atoms with van der Waals surface area (Å²) in [6, 6.07) is 13.1. The number of benzene rings is 1. The average Bonchev–Trinajstić information content (AvgIpc) is 2.54. The van der Waals surface area contributed by atoms with Gasteiger partial charge in [0, 0.05) is 50.2 Å². The van der Waals surface area contributed by atoms with Crippen LogP contribution in [-0.4, -0.2) is 30.1 Å². The van der Waals surface area contributed by atoms with Crippen LogP contribution in [0.25, 0.3) is 0 Å². The van der Waals surface area contributed by atoms with Crippen molar-refractivity contribution in [3.63, 3.8) is 0 Å². The fourth-order valence-corrected chi connectivity index (χ4v) is 2.09. The Hall–Kier alpha value is -2.56. The minimum atomic E-state index is -0.231. The first-order valence-electron chi connectivity index (χ1n) is 7.22. The van der Waals surface area contributed by atoms with Gasteiger partial charge in [-0.05, 0) is 25.1 Å². The molecule has 1 N–H and O–H groups in total. The molecule has 1 heterocycles. The molecule has 116 valence electrons. The number of aryl methyl sites for hydroxylation is 1. The maximum atomic E-state index is 12.1. The SMILES string of the molecule is C[C@H](CNC(=O)c1ccn(C)c(=O)c1)N(C)c1ccccc1. The Bertz CT molecular complexity index is 695. The van der Waals surface area contributed by atoms with Crippen molar-refractivity contribution in [1.82, 2.24) is 9.88 Å². The van der Waals surface area contributed by atoms with Gasteiger partial charge in [-0.15, -0.1) is 0 Å². The van der Waals surface area contributed by atoms with Crippen molar-refractivity contribution in [2.45, 2.75) is 13.0 Å². The molecule has 0 spiro atoms. The minimum Gasteiger partial charge on any atom is -0.370 e. The second kappa shape index (κ2) is 6.93. The fourth-order valence-electron chi connectivity index (χ4n) is 2.09. The van der Waals surface area contributed by atoms with Gasteiger partial charge in [-0.1, -0.05) is 18.2 Å². The van der Waals surface area contributed by atoms with Gasteiger partial charge in [0.25, 0.3) is 11.5 Å². The molecule has 0 aliphatic carbocycles. The predicted molar refractivity (Wildman–Crippen MR) is 88.3 cm³/mol. The van der Waals surface area contributed by atoms with Gasteiger partial charge >= 0.3 is 0 Å². The number of para-hydroxylation sites is 1. The van der Waals surface area contributed by atoms with Crippen LogP contribution < -0.4 is 15.8 Å². The molecule has 0 aliphatic heterocycles. The molecule has 0 fully saturated rings. The van der Waals surface area contributed by atoms with E-state index in [1.807, 2.05) is 44.3 Å². The largest absolute Gasteiger partial charge is 0.370 e. The van der Waals surface area contributed by atoms with Crippen LogP contribution in [0.4, 0.5) is 5.69 Å². The van der Waals surface area contributed by atoms with Gasteiger partial charge in [-0.2, -0.15) is 0 Å². The van der Waals surface area contributed by atoms with Crippen molar-refractivity contribution in [1.29, 1.82) is 0 Å². The molecule has 2 aromatic rings. The van der Waals surface area contributed by atoms with Gasteiger partial charge in [-0.25, -0.2) is 0 Å². The Labute approximate surface area is 130 Å². The summed E-state index contributed by atoms with van der Waals surface area (Å²) in [7, 11) is 3.64. The van der Waals surface area contributed by atoms with Gasteiger partial charge in [0.15, 0.2) is 0 Å². The highest BCUT2D eigenvalue weighted by Gasteiger charge is 2.12. The number of carbonyl (C=O) groups is 1. The maximum absolute atomic E-state index is 12.1. The summed E-state index contributed by atoms with van der Waals surface area (Å²) in [6.07, 6.45) is 1.59. The highest BCUT2D eigenvalue weighted by molar-refractivity contribution is 5.94. The molecule has 1 aromatic heterocycles. The molecule has 2 rings (SSSR count). The van der Waals surface area contributed by atoms with Crippen LogP contribution >= 0.6 is 0 Å². The fraction of sp³-hybridized carbons (Fsp3) is 0.294. The molecule has 0 unspecified atom stereocenters. The molecule has 1 amide bonds. The van der Waals surface area contributed by atoms with E-state index in [9.17, 15) is 9.59 Å². The average molecular weight is 299 g/mol. The molecule has 0 saturated carbocycles. The molecule has 5 nitrogen and oxygen atoms in total. The van der Waals surface area contributed by atoms with Crippen LogP contribution in [0.2, 0.25) is 0 Å². The molecule has 0 bridgehead atoms. The van der Waals surface area contributed by atoms with E-state index in [0.29, 0.717) is 12.1 Å². The van der Waals surface area contributed by atoms with Crippen molar-refractivity contribution < 1.29 is 4.79 Å². The number of likely N-dealkylation sites (N-methyl/N-ethyl adjacent to an activating group) is 1. The molecule has 5 heteroatoms. The number of amides is 1. The summed E-state index contributed by atoms with van der Waals surface area (Å²) in [5.41, 5.74) is 1.29. The normalized spacial score (nSPS) is 11.8. The predicted octanol–water partition coefficient (Wildman–Crippen LogP) is 1.64. The first-order valence-corrected chi connectivity index (χ1v) is 7.22. The molecule has 0 radical (unpaired) electrons. The van der Waals surface area contributed by atoms with Crippen molar-refractivity contribution in [2.24, 2.45) is 7.05 Å². The Morgan fingerprint density at radius 1 is 1.27 bits per heavy atom. The van der Waals surface area contributed by atoms with E-state index in [0.717, 1.165) is 5.69 Å². The number of nitrogens with one attached hydrogen (secondary N) is 1. The lowest BCUT2D eigenvalue weighted by Crippen LogP contribution is -2.40. The van der Waals surface area contributed by atoms with Crippen LogP contribution in [0.5, 0.6) is 0 Å². The van der Waals surface area contributed by atoms with E-state index < -0.39 is 0 Å². The van der Waals surface area contributed by atoms with Gasteiger partial charge in [0.2, 0.25) is 0 Å². The topological polar surface area (TPSA) is 54.3 Å². The van der Waals surface area contributed by atoms with Gasteiger partial charge < -0.3 is 14.8 Å². The number of rotatable bonds is 5. The Morgan fingerprint density at radius 2 is 1.95 bits per heavy atom. The van der Waals surface area contributed by atoms with E-state index in [1.165, 1.54) is 10.6 Å². The van der Waals surface area contributed by atoms with Gasteiger partial charge in [-0.3, -0.25) is 9.59 Å². The van der Waals surface area contributed by atoms with Crippen LogP contribution in [0.3, 0.4) is 0 Å². The number of anilines is 1. The van der Waals surface area contributed by atoms with Crippen LogP contribution in [0.1, 0.15) is 17.3 Å². The quantitative estimate of drug-likeness (QED) is 0.913. The first-order chi connectivity index (χ1) is 10.5. The molecule has 1 aromatic carbocycles. The Balaban J connectivity index is 1.95. The molecule has 0 saturated heterocycles. The number of carbonyl (C=O) groups excluding carboxylic acids is 1. The van der Waals surface area contributed by atoms with E-state index in [1.54, 1.807) is 19.3 Å². The summed E-state index contributed by atoms with van der Waals surface area (Å²) in [5.74, 6) is -0.231. The summed E-state index contributed by atoms with van der Waals surface area (Å²) >= 11 is 0. The second-order valence-electron chi connectivity index (χ2n) is 5.37. The van der Waals surface area contributed by atoms with E-state index >= 15 is 0 Å². The van der Waals surface area contributed by atoms with Crippen molar-refractivity contribution in [3.8, 4) is 0 Å². The Kier molecular flexibility index (Phi) is 4.99. The molecular weight excluding hydrogens is 278 g/mol. The highest BCUT2D eigenvalue weighted by atomic mass is 16.2. The van der Waals surface area contributed by atoms with Crippen LogP contribution in [-0.2, 0) is 7.05 Å². The van der Waals surface area contributed by atoms with Crippen molar-refractivity contribution >= 4 is 11.6 Å². The molecular formula is C17H21N3O2. The number of aromatic nitrogens is 1. The van der Waals surface area contributed by atoms with Crippen molar-refractivity contribution in [2.75, 3.05) is 18.5 Å². The third kappa shape index (κ3) is 3.75. The van der Waals surface area contributed by atoms with Crippen molar-refractivity contribution in [3.05, 3.63) is 64.6 Å². The standard InChI is InChI=1S/C17H21N3O2/c1-13(20(3)15-7-5-4-6-8-15)12-18-17(22)14-9-10-19(2)16(21)11-14/h4-11,13H,12H2,1-3H3,(H,18,22)/t13-/m1/s1. The zero-order chi connectivity index (χ0) is 16.1. The molecule has 0 aliphatic rings. The smallest absolute Gasteiger partial charge is 0.251 e. The lowest BCUT2D eigenvalue weighted by Gasteiger charge is -2.27. The summed E-state index contributed by atoms with van der Waals surface area (Å²) in [6.45, 7) is 2.54. The zero-order valence-electron chi connectivity index (χ0n) is 13.1. The highest BCUT2D eigenvalue weighted by Crippen LogP contribution is 2.13. The van der Waals surface area contributed by atoms with Crippen LogP contribution in [0.15, 0.2) is 53.5 Å². The monoisotopic (exact) mass is 299 g/mol.